The van der Waals surface area contributed by atoms with Gasteiger partial charge in [-0.1, -0.05) is 30.3 Å². The molecule has 2 N–H and O–H groups in total. The quantitative estimate of drug-likeness (QED) is 0.702. The summed E-state index contributed by atoms with van der Waals surface area (Å²) in [6, 6.07) is 9.27. The van der Waals surface area contributed by atoms with Crippen molar-refractivity contribution in [2.45, 2.75) is 6.42 Å². The van der Waals surface area contributed by atoms with E-state index in [1.54, 1.807) is 0 Å². The van der Waals surface area contributed by atoms with E-state index in [1.165, 1.54) is 0 Å². The molecule has 132 valence electrons. The van der Waals surface area contributed by atoms with Gasteiger partial charge in [-0.25, -0.2) is 23.2 Å². The van der Waals surface area contributed by atoms with Crippen LogP contribution in [0, 0.1) is 0 Å². The molecule has 0 spiro atoms. The number of hydrogen-bond acceptors (Lipinski definition) is 6. The van der Waals surface area contributed by atoms with E-state index in [4.69, 9.17) is 5.11 Å². The summed E-state index contributed by atoms with van der Waals surface area (Å²) in [5.41, 5.74) is 0.579. The molecule has 0 unspecified atom stereocenters. The second kappa shape index (κ2) is 8.34. The summed E-state index contributed by atoms with van der Waals surface area (Å²) < 4.78 is 24.0. The minimum Gasteiger partial charge on any atom is -0.476 e. The fourth-order valence-corrected chi connectivity index (χ4v) is 3.15. The summed E-state index contributed by atoms with van der Waals surface area (Å²) in [5, 5.41) is 11.1. The highest BCUT2D eigenvalue weighted by atomic mass is 32.2. The first-order chi connectivity index (χ1) is 11.9. The number of carboxylic acid groups (broad SMARTS) is 1. The van der Waals surface area contributed by atoms with Crippen molar-refractivity contribution in [3.05, 3.63) is 59.7 Å². The predicted octanol–water partition coefficient (Wildman–Crippen LogP) is 0.562. The number of rotatable bonds is 8. The number of carboxylic acids is 1. The average Bonchev–Trinajstić information content (AvgIpc) is 2.61. The Labute approximate surface area is 144 Å². The van der Waals surface area contributed by atoms with Crippen LogP contribution in [0.15, 0.2) is 42.7 Å². The van der Waals surface area contributed by atoms with Gasteiger partial charge in [-0.05, 0) is 12.0 Å². The van der Waals surface area contributed by atoms with E-state index in [1.807, 2.05) is 30.3 Å². The van der Waals surface area contributed by atoms with E-state index < -0.39 is 21.7 Å². The molecule has 0 aliphatic heterocycles. The smallest absolute Gasteiger partial charge is 0.356 e. The van der Waals surface area contributed by atoms with Gasteiger partial charge in [-0.15, -0.1) is 0 Å². The first-order valence-electron chi connectivity index (χ1n) is 7.45. The van der Waals surface area contributed by atoms with E-state index in [-0.39, 0.29) is 29.4 Å². The Hall–Kier alpha value is -2.81. The number of nitrogens with one attached hydrogen (secondary N) is 1. The summed E-state index contributed by atoms with van der Waals surface area (Å²) in [7, 11) is -3.30. The highest BCUT2D eigenvalue weighted by Crippen LogP contribution is 2.03. The second-order valence-corrected chi connectivity index (χ2v) is 7.54. The standard InChI is InChI=1S/C16H17N3O5S/c20-15(13-10-19-14(11-18-13)16(21)22)17-7-9-25(23,24)8-6-12-4-2-1-3-5-12/h1-5,10-11H,6-9H2,(H,17,20)(H,21,22). The number of sulfone groups is 1. The minimum atomic E-state index is -3.30. The van der Waals surface area contributed by atoms with Crippen molar-refractivity contribution >= 4 is 21.7 Å². The Morgan fingerprint density at radius 1 is 1.00 bits per heavy atom. The highest BCUT2D eigenvalue weighted by molar-refractivity contribution is 7.91. The van der Waals surface area contributed by atoms with Gasteiger partial charge in [0, 0.05) is 6.54 Å². The molecule has 1 aromatic heterocycles. The fraction of sp³-hybridized carbons (Fsp3) is 0.250. The molecule has 0 aliphatic carbocycles. The van der Waals surface area contributed by atoms with Crippen LogP contribution in [-0.2, 0) is 16.3 Å². The van der Waals surface area contributed by atoms with E-state index in [9.17, 15) is 18.0 Å². The second-order valence-electron chi connectivity index (χ2n) is 5.24. The molecule has 0 atom stereocenters. The third-order valence-corrected chi connectivity index (χ3v) is 5.00. The Kier molecular flexibility index (Phi) is 6.18. The van der Waals surface area contributed by atoms with E-state index >= 15 is 0 Å². The molecular formula is C16H17N3O5S. The normalized spacial score (nSPS) is 11.0. The monoisotopic (exact) mass is 363 g/mol. The number of aryl methyl sites for hydroxylation is 1. The van der Waals surface area contributed by atoms with Gasteiger partial charge in [-0.2, -0.15) is 0 Å². The number of aromatic nitrogens is 2. The van der Waals surface area contributed by atoms with Crippen LogP contribution >= 0.6 is 0 Å². The number of carbonyl (C=O) groups is 2. The Morgan fingerprint density at radius 2 is 1.64 bits per heavy atom. The molecule has 9 heteroatoms. The summed E-state index contributed by atoms with van der Waals surface area (Å²) in [4.78, 5) is 29.8. The van der Waals surface area contributed by atoms with Gasteiger partial charge >= 0.3 is 5.97 Å². The summed E-state index contributed by atoms with van der Waals surface area (Å²) in [6.07, 6.45) is 2.41. The lowest BCUT2D eigenvalue weighted by atomic mass is 10.2. The minimum absolute atomic E-state index is 0.00000206. The molecule has 0 saturated carbocycles. The zero-order valence-electron chi connectivity index (χ0n) is 13.3. The molecule has 0 saturated heterocycles. The molecule has 1 amide bonds. The number of aromatic carboxylic acids is 1. The number of nitrogens with zero attached hydrogens (tertiary/aromatic N) is 2. The van der Waals surface area contributed by atoms with Crippen molar-refractivity contribution in [3.8, 4) is 0 Å². The molecular weight excluding hydrogens is 346 g/mol. The van der Waals surface area contributed by atoms with Crippen molar-refractivity contribution in [3.63, 3.8) is 0 Å². The molecule has 1 aromatic carbocycles. The Bertz CT molecular complexity index is 836. The van der Waals surface area contributed by atoms with Crippen LogP contribution in [0.1, 0.15) is 26.5 Å². The molecule has 25 heavy (non-hydrogen) atoms. The number of amides is 1. The molecule has 0 aliphatic rings. The van der Waals surface area contributed by atoms with Crippen molar-refractivity contribution < 1.29 is 23.1 Å². The van der Waals surface area contributed by atoms with E-state index in [0.29, 0.717) is 6.42 Å². The van der Waals surface area contributed by atoms with Crippen LogP contribution in [0.3, 0.4) is 0 Å². The Morgan fingerprint density at radius 3 is 2.24 bits per heavy atom. The van der Waals surface area contributed by atoms with Crippen LogP contribution < -0.4 is 5.32 Å². The maximum Gasteiger partial charge on any atom is 0.356 e. The van der Waals surface area contributed by atoms with Crippen LogP contribution in [-0.4, -0.2) is 53.4 Å². The van der Waals surface area contributed by atoms with Crippen molar-refractivity contribution in [2.24, 2.45) is 0 Å². The zero-order chi connectivity index (χ0) is 18.3. The van der Waals surface area contributed by atoms with E-state index in [2.05, 4.69) is 15.3 Å². The van der Waals surface area contributed by atoms with Crippen LogP contribution in [0.4, 0.5) is 0 Å². The third kappa shape index (κ3) is 5.96. The van der Waals surface area contributed by atoms with Gasteiger partial charge in [0.1, 0.15) is 5.69 Å². The maximum absolute atomic E-state index is 12.0. The molecule has 1 heterocycles. The number of carbonyl (C=O) groups excluding carboxylic acids is 1. The highest BCUT2D eigenvalue weighted by Gasteiger charge is 2.14. The van der Waals surface area contributed by atoms with Gasteiger partial charge in [0.25, 0.3) is 5.91 Å². The van der Waals surface area contributed by atoms with E-state index in [0.717, 1.165) is 18.0 Å². The van der Waals surface area contributed by atoms with Crippen molar-refractivity contribution in [1.82, 2.24) is 15.3 Å². The molecule has 8 nitrogen and oxygen atoms in total. The van der Waals surface area contributed by atoms with Gasteiger partial charge in [0.2, 0.25) is 0 Å². The number of benzene rings is 1. The maximum atomic E-state index is 12.0. The SMILES string of the molecule is O=C(O)c1cnc(C(=O)NCCS(=O)(=O)CCc2ccccc2)cn1. The van der Waals surface area contributed by atoms with Gasteiger partial charge < -0.3 is 10.4 Å². The molecule has 0 radical (unpaired) electrons. The lowest BCUT2D eigenvalue weighted by Gasteiger charge is -2.06. The first-order valence-corrected chi connectivity index (χ1v) is 9.27. The van der Waals surface area contributed by atoms with Crippen molar-refractivity contribution in [1.29, 1.82) is 0 Å². The van der Waals surface area contributed by atoms with Gasteiger partial charge in [0.05, 0.1) is 23.9 Å². The number of hydrogen-bond donors (Lipinski definition) is 2. The van der Waals surface area contributed by atoms with Crippen LogP contribution in [0.5, 0.6) is 0 Å². The first kappa shape index (κ1) is 18.5. The topological polar surface area (TPSA) is 126 Å². The lowest BCUT2D eigenvalue weighted by Crippen LogP contribution is -2.30. The summed E-state index contributed by atoms with van der Waals surface area (Å²) in [6.45, 7) is -0.0572. The summed E-state index contributed by atoms with van der Waals surface area (Å²) in [5.74, 6) is -2.04. The zero-order valence-corrected chi connectivity index (χ0v) is 14.1. The van der Waals surface area contributed by atoms with Crippen LogP contribution in [0.25, 0.3) is 0 Å². The molecule has 2 aromatic rings. The summed E-state index contributed by atoms with van der Waals surface area (Å²) >= 11 is 0. The Balaban J connectivity index is 1.80. The molecule has 2 rings (SSSR count). The predicted molar refractivity (Wildman–Crippen MR) is 90.1 cm³/mol. The molecule has 0 bridgehead atoms. The fourth-order valence-electron chi connectivity index (χ4n) is 1.99. The molecule has 0 fully saturated rings. The third-order valence-electron chi connectivity index (χ3n) is 3.35. The van der Waals surface area contributed by atoms with Crippen LogP contribution in [0.2, 0.25) is 0 Å². The largest absolute Gasteiger partial charge is 0.476 e. The van der Waals surface area contributed by atoms with Crippen molar-refractivity contribution in [2.75, 3.05) is 18.1 Å². The van der Waals surface area contributed by atoms with Gasteiger partial charge in [0.15, 0.2) is 15.5 Å². The average molecular weight is 363 g/mol. The lowest BCUT2D eigenvalue weighted by molar-refractivity contribution is 0.0689. The van der Waals surface area contributed by atoms with Gasteiger partial charge in [-0.3, -0.25) is 4.79 Å².